The van der Waals surface area contributed by atoms with Crippen LogP contribution in [0.5, 0.6) is 0 Å². The summed E-state index contributed by atoms with van der Waals surface area (Å²) in [6.45, 7) is 8.71. The number of rotatable bonds is 4. The summed E-state index contributed by atoms with van der Waals surface area (Å²) < 4.78 is 0.904. The van der Waals surface area contributed by atoms with Crippen LogP contribution in [-0.4, -0.2) is 11.2 Å². The number of anilines is 1. The number of carbonyl (C=O) groups excluding carboxylic acids is 1. The van der Waals surface area contributed by atoms with Crippen LogP contribution in [0.15, 0.2) is 28.5 Å². The Kier molecular flexibility index (Phi) is 6.76. The van der Waals surface area contributed by atoms with Crippen molar-refractivity contribution in [1.29, 1.82) is 10.5 Å². The first-order valence-corrected chi connectivity index (χ1v) is 14.9. The van der Waals surface area contributed by atoms with Crippen molar-refractivity contribution < 1.29 is 4.79 Å². The number of nitriles is 2. The molecule has 2 heterocycles. The molecular formula is C29H29N3OS3. The quantitative estimate of drug-likeness (QED) is 0.352. The largest absolute Gasteiger partial charge is 0.316 e. The Morgan fingerprint density at radius 3 is 2.56 bits per heavy atom. The second-order valence-corrected chi connectivity index (χ2v) is 14.5. The third kappa shape index (κ3) is 4.50. The fourth-order valence-electron chi connectivity index (χ4n) is 5.27. The zero-order valence-corrected chi connectivity index (χ0v) is 23.5. The third-order valence-corrected chi connectivity index (χ3v) is 11.2. The van der Waals surface area contributed by atoms with Gasteiger partial charge in [-0.2, -0.15) is 10.5 Å². The predicted molar refractivity (Wildman–Crippen MR) is 150 cm³/mol. The normalized spacial score (nSPS) is 17.2. The molecule has 4 nitrogen and oxygen atoms in total. The van der Waals surface area contributed by atoms with Crippen LogP contribution in [0.1, 0.15) is 66.8 Å². The van der Waals surface area contributed by atoms with Crippen LogP contribution in [0.3, 0.4) is 0 Å². The van der Waals surface area contributed by atoms with Gasteiger partial charge in [0.25, 0.3) is 0 Å². The number of hydrogen-bond donors (Lipinski definition) is 1. The van der Waals surface area contributed by atoms with Crippen molar-refractivity contribution in [1.82, 2.24) is 0 Å². The summed E-state index contributed by atoms with van der Waals surface area (Å²) in [6, 6.07) is 13.2. The van der Waals surface area contributed by atoms with E-state index in [0.717, 1.165) is 52.3 Å². The molecule has 2 aromatic heterocycles. The van der Waals surface area contributed by atoms with E-state index in [4.69, 9.17) is 0 Å². The maximum Gasteiger partial charge on any atom is 0.238 e. The Labute approximate surface area is 225 Å². The van der Waals surface area contributed by atoms with Gasteiger partial charge in [-0.25, -0.2) is 0 Å². The molecule has 2 unspecified atom stereocenters. The van der Waals surface area contributed by atoms with E-state index in [1.54, 1.807) is 22.7 Å². The highest BCUT2D eigenvalue weighted by Gasteiger charge is 2.33. The fourth-order valence-corrected chi connectivity index (χ4v) is 9.30. The molecule has 1 amide bonds. The number of carbonyl (C=O) groups is 1. The zero-order valence-electron chi connectivity index (χ0n) is 21.0. The fraction of sp³-hybridized carbons (Fsp3) is 0.414. The van der Waals surface area contributed by atoms with E-state index >= 15 is 0 Å². The molecule has 1 aromatic carbocycles. The van der Waals surface area contributed by atoms with Crippen LogP contribution < -0.4 is 5.32 Å². The molecule has 2 aliphatic carbocycles. The van der Waals surface area contributed by atoms with Crippen LogP contribution in [0.25, 0.3) is 10.4 Å². The van der Waals surface area contributed by atoms with Crippen molar-refractivity contribution in [2.75, 3.05) is 5.32 Å². The van der Waals surface area contributed by atoms with Crippen molar-refractivity contribution in [3.05, 3.63) is 57.0 Å². The number of nitrogens with zero attached hydrogens (tertiary/aromatic N) is 2. The summed E-state index contributed by atoms with van der Waals surface area (Å²) in [4.78, 5) is 15.7. The molecule has 2 atom stereocenters. The van der Waals surface area contributed by atoms with Crippen LogP contribution in [0.4, 0.5) is 5.00 Å². The van der Waals surface area contributed by atoms with Crippen molar-refractivity contribution in [2.45, 2.75) is 69.3 Å². The van der Waals surface area contributed by atoms with E-state index in [9.17, 15) is 15.3 Å². The molecule has 0 bridgehead atoms. The molecule has 7 heteroatoms. The number of thioether (sulfide) groups is 1. The van der Waals surface area contributed by atoms with Crippen molar-refractivity contribution in [2.24, 2.45) is 11.3 Å². The minimum absolute atomic E-state index is 0.127. The molecule has 0 saturated heterocycles. The topological polar surface area (TPSA) is 76.7 Å². The van der Waals surface area contributed by atoms with Gasteiger partial charge in [0.15, 0.2) is 0 Å². The van der Waals surface area contributed by atoms with Crippen LogP contribution in [0.2, 0.25) is 0 Å². The summed E-state index contributed by atoms with van der Waals surface area (Å²) in [5, 5.41) is 23.2. The number of aryl methyl sites for hydroxylation is 1. The highest BCUT2D eigenvalue weighted by atomic mass is 32.2. The highest BCUT2D eigenvalue weighted by molar-refractivity contribution is 8.02. The van der Waals surface area contributed by atoms with E-state index in [1.165, 1.54) is 27.8 Å². The van der Waals surface area contributed by atoms with Gasteiger partial charge in [0.1, 0.15) is 17.1 Å². The maximum absolute atomic E-state index is 13.2. The molecule has 3 aromatic rings. The number of nitrogens with one attached hydrogen (secondary N) is 1. The van der Waals surface area contributed by atoms with E-state index in [2.05, 4.69) is 56.4 Å². The van der Waals surface area contributed by atoms with E-state index in [0.29, 0.717) is 22.0 Å². The van der Waals surface area contributed by atoms with Gasteiger partial charge in [-0.3, -0.25) is 4.79 Å². The average molecular weight is 532 g/mol. The summed E-state index contributed by atoms with van der Waals surface area (Å²) in [6.07, 6.45) is 4.72. The first-order chi connectivity index (χ1) is 17.2. The predicted octanol–water partition coefficient (Wildman–Crippen LogP) is 7.59. The Morgan fingerprint density at radius 1 is 1.08 bits per heavy atom. The number of benzene rings is 1. The molecule has 0 spiro atoms. The van der Waals surface area contributed by atoms with E-state index < -0.39 is 0 Å². The molecule has 184 valence electrons. The SMILES string of the molecule is CC(Sc1sc2c(c1C#N)CCc1ccccc1-2)C(=O)Nc1sc2c(c1C#N)CCC(C(C)(C)C)C2. The number of hydrogen-bond acceptors (Lipinski definition) is 6. The molecule has 2 aliphatic rings. The second-order valence-electron chi connectivity index (χ2n) is 10.7. The lowest BCUT2D eigenvalue weighted by Crippen LogP contribution is -2.26. The molecule has 36 heavy (non-hydrogen) atoms. The summed E-state index contributed by atoms with van der Waals surface area (Å²) in [5.41, 5.74) is 6.33. The molecule has 0 fully saturated rings. The second kappa shape index (κ2) is 9.71. The van der Waals surface area contributed by atoms with Gasteiger partial charge >= 0.3 is 0 Å². The standard InChI is InChI=1S/C29H29N3OS3/c1-16(34-28-23(15-31)21-11-9-17-7-5-6-8-19(17)25(21)36-28)26(33)32-27-22(14-30)20-12-10-18(29(2,3)4)13-24(20)35-27/h5-8,16,18H,9-13H2,1-4H3,(H,32,33). The summed E-state index contributed by atoms with van der Waals surface area (Å²) in [7, 11) is 0. The van der Waals surface area contributed by atoms with Crippen molar-refractivity contribution in [3.8, 4) is 22.6 Å². The van der Waals surface area contributed by atoms with Crippen LogP contribution in [-0.2, 0) is 30.5 Å². The van der Waals surface area contributed by atoms with Gasteiger partial charge in [0, 0.05) is 9.75 Å². The minimum Gasteiger partial charge on any atom is -0.316 e. The Hall–Kier alpha value is -2.58. The molecule has 5 rings (SSSR count). The molecule has 1 N–H and O–H groups in total. The average Bonchev–Trinajstić information content (AvgIpc) is 3.39. The number of thiophene rings is 2. The monoisotopic (exact) mass is 531 g/mol. The molecule has 0 radical (unpaired) electrons. The maximum atomic E-state index is 13.2. The highest BCUT2D eigenvalue weighted by Crippen LogP contribution is 2.47. The Bertz CT molecular complexity index is 1430. The lowest BCUT2D eigenvalue weighted by Gasteiger charge is -2.33. The number of fused-ring (bicyclic) bond motifs is 4. The van der Waals surface area contributed by atoms with Gasteiger partial charge in [-0.15, -0.1) is 34.4 Å². The van der Waals surface area contributed by atoms with Gasteiger partial charge < -0.3 is 5.32 Å². The Morgan fingerprint density at radius 2 is 1.83 bits per heavy atom. The summed E-state index contributed by atoms with van der Waals surface area (Å²) >= 11 is 4.64. The van der Waals surface area contributed by atoms with Crippen LogP contribution >= 0.6 is 34.4 Å². The zero-order chi connectivity index (χ0) is 25.6. The number of amides is 1. The smallest absolute Gasteiger partial charge is 0.238 e. The molecule has 0 aliphatic heterocycles. The first-order valence-electron chi connectivity index (χ1n) is 12.4. The molecular weight excluding hydrogens is 503 g/mol. The van der Waals surface area contributed by atoms with E-state index in [1.807, 2.05) is 13.0 Å². The lowest BCUT2D eigenvalue weighted by atomic mass is 9.72. The third-order valence-electron chi connectivity index (χ3n) is 7.48. The van der Waals surface area contributed by atoms with Gasteiger partial charge in [-0.05, 0) is 72.6 Å². The lowest BCUT2D eigenvalue weighted by molar-refractivity contribution is -0.115. The van der Waals surface area contributed by atoms with Crippen molar-refractivity contribution in [3.63, 3.8) is 0 Å². The van der Waals surface area contributed by atoms with Gasteiger partial charge in [-0.1, -0.05) is 45.0 Å². The van der Waals surface area contributed by atoms with Gasteiger partial charge in [0.05, 0.1) is 20.6 Å². The minimum atomic E-state index is -0.388. The summed E-state index contributed by atoms with van der Waals surface area (Å²) in [5.74, 6) is 0.450. The van der Waals surface area contributed by atoms with Crippen molar-refractivity contribution >= 4 is 45.3 Å². The first kappa shape index (κ1) is 25.1. The van der Waals surface area contributed by atoms with E-state index in [-0.39, 0.29) is 16.6 Å². The van der Waals surface area contributed by atoms with Gasteiger partial charge in [0.2, 0.25) is 5.91 Å². The molecule has 0 saturated carbocycles. The Balaban J connectivity index is 1.36. The van der Waals surface area contributed by atoms with Crippen LogP contribution in [0, 0.1) is 34.0 Å².